The van der Waals surface area contributed by atoms with Crippen molar-refractivity contribution in [3.63, 3.8) is 0 Å². The van der Waals surface area contributed by atoms with Gasteiger partial charge in [-0.2, -0.15) is 0 Å². The number of hydrogen-bond donors (Lipinski definition) is 0. The van der Waals surface area contributed by atoms with Crippen molar-refractivity contribution in [1.29, 1.82) is 0 Å². The number of para-hydroxylation sites is 2. The first kappa shape index (κ1) is 26.6. The maximum atomic E-state index is 5.36. The Balaban J connectivity index is 1.32. The number of rotatable bonds is 3. The molecule has 0 bridgehead atoms. The molecule has 0 atom stereocenters. The molecule has 0 radical (unpaired) electrons. The van der Waals surface area contributed by atoms with Crippen LogP contribution in [0, 0.1) is 0 Å². The van der Waals surface area contributed by atoms with Crippen molar-refractivity contribution in [2.45, 2.75) is 19.3 Å². The molecule has 6 aromatic carbocycles. The lowest BCUT2D eigenvalue weighted by Crippen LogP contribution is -2.14. The monoisotopic (exact) mass is 619 g/mol. The highest BCUT2D eigenvalue weighted by molar-refractivity contribution is 7.26. The second-order valence-corrected chi connectivity index (χ2v) is 14.0. The number of benzene rings is 6. The van der Waals surface area contributed by atoms with E-state index in [2.05, 4.69) is 152 Å². The molecule has 0 unspecified atom stereocenters. The quantitative estimate of drug-likeness (QED) is 0.197. The van der Waals surface area contributed by atoms with E-state index in [1.54, 1.807) is 11.3 Å². The highest BCUT2D eigenvalue weighted by Gasteiger charge is 2.37. The third-order valence-electron chi connectivity index (χ3n) is 10.0. The molecule has 9 aromatic rings. The molecule has 0 amide bonds. The Labute approximate surface area is 276 Å². The Hall–Kier alpha value is -5.58. The lowest BCUT2D eigenvalue weighted by molar-refractivity contribution is 0.661. The van der Waals surface area contributed by atoms with Gasteiger partial charge in [-0.15, -0.1) is 11.3 Å². The van der Waals surface area contributed by atoms with Crippen molar-refractivity contribution >= 4 is 53.4 Å². The van der Waals surface area contributed by atoms with E-state index in [9.17, 15) is 0 Å². The van der Waals surface area contributed by atoms with Crippen LogP contribution in [0.4, 0.5) is 0 Å². The first-order valence-electron chi connectivity index (χ1n) is 16.1. The molecule has 3 heterocycles. The Morgan fingerprint density at radius 1 is 0.574 bits per heavy atom. The molecule has 0 fully saturated rings. The first-order valence-corrected chi connectivity index (χ1v) is 16.9. The van der Waals surface area contributed by atoms with Gasteiger partial charge in [0.2, 0.25) is 0 Å². The summed E-state index contributed by atoms with van der Waals surface area (Å²) in [6.45, 7) is 4.71. The third kappa shape index (κ3) is 3.67. The summed E-state index contributed by atoms with van der Waals surface area (Å²) in [5, 5.41) is 3.74. The highest BCUT2D eigenvalue weighted by Crippen LogP contribution is 2.53. The van der Waals surface area contributed by atoms with Gasteiger partial charge in [-0.1, -0.05) is 129 Å². The molecular weight excluding hydrogens is 591 g/mol. The molecule has 0 saturated heterocycles. The minimum atomic E-state index is -0.0667. The van der Waals surface area contributed by atoms with E-state index in [-0.39, 0.29) is 5.41 Å². The summed E-state index contributed by atoms with van der Waals surface area (Å²) in [4.78, 5) is 10.5. The van der Waals surface area contributed by atoms with E-state index in [0.29, 0.717) is 0 Å². The van der Waals surface area contributed by atoms with Gasteiger partial charge in [0.05, 0.1) is 32.6 Å². The summed E-state index contributed by atoms with van der Waals surface area (Å²) in [5.41, 5.74) is 13.0. The van der Waals surface area contributed by atoms with Gasteiger partial charge < -0.3 is 4.57 Å². The van der Waals surface area contributed by atoms with Gasteiger partial charge in [-0.25, -0.2) is 9.97 Å². The number of hydrogen-bond acceptors (Lipinski definition) is 3. The van der Waals surface area contributed by atoms with Gasteiger partial charge in [0, 0.05) is 37.4 Å². The Kier molecular flexibility index (Phi) is 5.50. The summed E-state index contributed by atoms with van der Waals surface area (Å²) in [6.07, 6.45) is 0. The summed E-state index contributed by atoms with van der Waals surface area (Å²) in [6, 6.07) is 50.2. The van der Waals surface area contributed by atoms with E-state index < -0.39 is 0 Å². The van der Waals surface area contributed by atoms with E-state index in [0.717, 1.165) is 38.5 Å². The van der Waals surface area contributed by atoms with Crippen molar-refractivity contribution in [2.75, 3.05) is 0 Å². The molecule has 47 heavy (non-hydrogen) atoms. The number of thiophene rings is 1. The fourth-order valence-electron chi connectivity index (χ4n) is 7.87. The minimum Gasteiger partial charge on any atom is -0.309 e. The van der Waals surface area contributed by atoms with Crippen LogP contribution in [0.1, 0.15) is 25.0 Å². The van der Waals surface area contributed by atoms with Crippen molar-refractivity contribution in [3.8, 4) is 39.5 Å². The van der Waals surface area contributed by atoms with Crippen LogP contribution in [-0.2, 0) is 5.41 Å². The molecule has 0 saturated carbocycles. The zero-order valence-electron chi connectivity index (χ0n) is 26.0. The van der Waals surface area contributed by atoms with Crippen molar-refractivity contribution < 1.29 is 0 Å². The Bertz CT molecular complexity index is 2710. The van der Waals surface area contributed by atoms with Crippen molar-refractivity contribution in [1.82, 2.24) is 14.5 Å². The summed E-state index contributed by atoms with van der Waals surface area (Å²) >= 11 is 1.77. The van der Waals surface area contributed by atoms with E-state index in [1.165, 1.54) is 54.1 Å². The maximum absolute atomic E-state index is 5.36. The molecule has 10 rings (SSSR count). The number of aromatic nitrogens is 3. The van der Waals surface area contributed by atoms with Gasteiger partial charge in [0.25, 0.3) is 0 Å². The zero-order valence-corrected chi connectivity index (χ0v) is 26.8. The summed E-state index contributed by atoms with van der Waals surface area (Å²) < 4.78 is 4.78. The molecule has 1 aliphatic carbocycles. The van der Waals surface area contributed by atoms with E-state index in [4.69, 9.17) is 9.97 Å². The van der Waals surface area contributed by atoms with Crippen LogP contribution in [0.25, 0.3) is 81.6 Å². The molecule has 0 aliphatic heterocycles. The Morgan fingerprint density at radius 3 is 2.15 bits per heavy atom. The van der Waals surface area contributed by atoms with Crippen LogP contribution in [-0.4, -0.2) is 14.5 Å². The molecule has 0 N–H and O–H groups in total. The van der Waals surface area contributed by atoms with Crippen LogP contribution in [0.5, 0.6) is 0 Å². The second kappa shape index (κ2) is 9.71. The Morgan fingerprint density at radius 2 is 1.28 bits per heavy atom. The smallest absolute Gasteiger partial charge is 0.160 e. The fourth-order valence-corrected chi connectivity index (χ4v) is 9.02. The molecule has 0 spiro atoms. The predicted octanol–water partition coefficient (Wildman–Crippen LogP) is 11.6. The van der Waals surface area contributed by atoms with Crippen LogP contribution in [0.2, 0.25) is 0 Å². The van der Waals surface area contributed by atoms with Crippen LogP contribution >= 0.6 is 11.3 Å². The fraction of sp³-hybridized carbons (Fsp3) is 0.0698. The van der Waals surface area contributed by atoms with Crippen molar-refractivity contribution in [3.05, 3.63) is 151 Å². The highest BCUT2D eigenvalue weighted by atomic mass is 32.1. The maximum Gasteiger partial charge on any atom is 0.160 e. The van der Waals surface area contributed by atoms with E-state index >= 15 is 0 Å². The van der Waals surface area contributed by atoms with Gasteiger partial charge in [-0.05, 0) is 46.5 Å². The van der Waals surface area contributed by atoms with Crippen LogP contribution in [0.3, 0.4) is 0 Å². The summed E-state index contributed by atoms with van der Waals surface area (Å²) in [5.74, 6) is 0.741. The van der Waals surface area contributed by atoms with Crippen LogP contribution in [0.15, 0.2) is 140 Å². The topological polar surface area (TPSA) is 30.7 Å². The molecule has 1 aliphatic rings. The average molecular weight is 620 g/mol. The lowest BCUT2D eigenvalue weighted by atomic mass is 9.82. The molecule has 4 heteroatoms. The van der Waals surface area contributed by atoms with Gasteiger partial charge >= 0.3 is 0 Å². The average Bonchev–Trinajstić information content (AvgIpc) is 3.74. The standard InChI is InChI=1S/C43H29N3S/c1-43(2)31-20-10-6-16-27(31)37-32(43)24-25-35-38(37)28-17-7-11-21-33(28)46(35)34-22-12-8-18-29(34)39-41-40(30-19-9-13-23-36(30)47-41)45-42(44-39)26-14-4-3-5-15-26/h3-25H,1-2H3. The number of nitrogens with zero attached hydrogens (tertiary/aromatic N) is 3. The predicted molar refractivity (Wildman–Crippen MR) is 198 cm³/mol. The molecule has 222 valence electrons. The SMILES string of the molecule is CC1(C)c2ccccc2-c2c1ccc1c2c2ccccc2n1-c1ccccc1-c1nc(-c2ccccc2)nc2c1sc1ccccc12. The van der Waals surface area contributed by atoms with Gasteiger partial charge in [0.15, 0.2) is 5.82 Å². The first-order chi connectivity index (χ1) is 23.1. The number of fused-ring (bicyclic) bond motifs is 10. The molecule has 3 nitrogen and oxygen atoms in total. The largest absolute Gasteiger partial charge is 0.309 e. The minimum absolute atomic E-state index is 0.0667. The molecular formula is C43H29N3S. The third-order valence-corrected chi connectivity index (χ3v) is 11.2. The van der Waals surface area contributed by atoms with Gasteiger partial charge in [0.1, 0.15) is 0 Å². The van der Waals surface area contributed by atoms with Crippen molar-refractivity contribution in [2.24, 2.45) is 0 Å². The van der Waals surface area contributed by atoms with E-state index in [1.807, 2.05) is 6.07 Å². The van der Waals surface area contributed by atoms with Crippen LogP contribution < -0.4 is 0 Å². The molecule has 3 aromatic heterocycles. The second-order valence-electron chi connectivity index (χ2n) is 13.0. The summed E-state index contributed by atoms with van der Waals surface area (Å²) in [7, 11) is 0. The lowest BCUT2D eigenvalue weighted by Gasteiger charge is -2.21. The normalized spacial score (nSPS) is 13.5. The zero-order chi connectivity index (χ0) is 31.3. The van der Waals surface area contributed by atoms with Gasteiger partial charge in [-0.3, -0.25) is 0 Å².